The van der Waals surface area contributed by atoms with Crippen molar-refractivity contribution in [2.45, 2.75) is 33.2 Å². The summed E-state index contributed by atoms with van der Waals surface area (Å²) in [5.41, 5.74) is -0.374. The van der Waals surface area contributed by atoms with Crippen LogP contribution >= 0.6 is 0 Å². The average molecular weight is 195 g/mol. The van der Waals surface area contributed by atoms with E-state index in [-0.39, 0.29) is 5.54 Å². The molecule has 78 valence electrons. The van der Waals surface area contributed by atoms with Gasteiger partial charge in [-0.25, -0.2) is 0 Å². The quantitative estimate of drug-likeness (QED) is 0.422. The minimum atomic E-state index is -0.571. The second-order valence-electron chi connectivity index (χ2n) is 3.95. The Morgan fingerprint density at radius 1 is 1.14 bits per heavy atom. The number of allylic oxidation sites excluding steroid dienone is 3. The van der Waals surface area contributed by atoms with E-state index in [2.05, 4.69) is 5.32 Å². The Balaban J connectivity index is 4.21. The SMILES string of the molecule is C/C=C/C=C/C(=O)C(=O)NC(C)(C)C. The molecule has 0 fully saturated rings. The van der Waals surface area contributed by atoms with Gasteiger partial charge in [0.2, 0.25) is 5.78 Å². The van der Waals surface area contributed by atoms with E-state index >= 15 is 0 Å². The van der Waals surface area contributed by atoms with Crippen LogP contribution in [0.3, 0.4) is 0 Å². The first-order valence-corrected chi connectivity index (χ1v) is 4.52. The van der Waals surface area contributed by atoms with Crippen LogP contribution in [0.15, 0.2) is 24.3 Å². The molecule has 0 aliphatic rings. The van der Waals surface area contributed by atoms with Gasteiger partial charge in [-0.3, -0.25) is 9.59 Å². The molecule has 14 heavy (non-hydrogen) atoms. The van der Waals surface area contributed by atoms with Crippen LogP contribution < -0.4 is 5.32 Å². The van der Waals surface area contributed by atoms with Crippen LogP contribution in [0.2, 0.25) is 0 Å². The van der Waals surface area contributed by atoms with Crippen molar-refractivity contribution in [2.75, 3.05) is 0 Å². The summed E-state index contributed by atoms with van der Waals surface area (Å²) >= 11 is 0. The molecule has 0 aromatic carbocycles. The highest BCUT2D eigenvalue weighted by Gasteiger charge is 2.17. The highest BCUT2D eigenvalue weighted by atomic mass is 16.2. The first kappa shape index (κ1) is 12.6. The fraction of sp³-hybridized carbons (Fsp3) is 0.455. The van der Waals surface area contributed by atoms with Crippen molar-refractivity contribution >= 4 is 11.7 Å². The summed E-state index contributed by atoms with van der Waals surface area (Å²) in [6.07, 6.45) is 6.28. The van der Waals surface area contributed by atoms with Crippen LogP contribution in [0.5, 0.6) is 0 Å². The second-order valence-corrected chi connectivity index (χ2v) is 3.95. The van der Waals surface area contributed by atoms with Crippen molar-refractivity contribution in [3.05, 3.63) is 24.3 Å². The number of rotatable bonds is 3. The molecule has 1 amide bonds. The van der Waals surface area contributed by atoms with Crippen LogP contribution in [0.1, 0.15) is 27.7 Å². The zero-order valence-corrected chi connectivity index (χ0v) is 9.13. The van der Waals surface area contributed by atoms with Gasteiger partial charge in [0.05, 0.1) is 0 Å². The summed E-state index contributed by atoms with van der Waals surface area (Å²) in [6.45, 7) is 7.32. The molecule has 0 atom stereocenters. The zero-order valence-electron chi connectivity index (χ0n) is 9.13. The van der Waals surface area contributed by atoms with Crippen molar-refractivity contribution in [1.29, 1.82) is 0 Å². The van der Waals surface area contributed by atoms with E-state index < -0.39 is 11.7 Å². The van der Waals surface area contributed by atoms with Gasteiger partial charge in [0.1, 0.15) is 0 Å². The fourth-order valence-electron chi connectivity index (χ4n) is 0.732. The Morgan fingerprint density at radius 3 is 2.14 bits per heavy atom. The van der Waals surface area contributed by atoms with E-state index in [9.17, 15) is 9.59 Å². The fourth-order valence-corrected chi connectivity index (χ4v) is 0.732. The molecule has 0 saturated heterocycles. The molecule has 0 aromatic rings. The zero-order chi connectivity index (χ0) is 11.2. The lowest BCUT2D eigenvalue weighted by molar-refractivity contribution is -0.136. The molecule has 0 rings (SSSR count). The minimum Gasteiger partial charge on any atom is -0.345 e. The number of hydrogen-bond donors (Lipinski definition) is 1. The summed E-state index contributed by atoms with van der Waals surface area (Å²) < 4.78 is 0. The Labute approximate surface area is 84.9 Å². The largest absolute Gasteiger partial charge is 0.345 e. The van der Waals surface area contributed by atoms with Crippen molar-refractivity contribution in [3.8, 4) is 0 Å². The Morgan fingerprint density at radius 2 is 1.71 bits per heavy atom. The van der Waals surface area contributed by atoms with Crippen molar-refractivity contribution in [3.63, 3.8) is 0 Å². The molecule has 0 saturated carbocycles. The van der Waals surface area contributed by atoms with Gasteiger partial charge in [0.15, 0.2) is 0 Å². The molecule has 1 N–H and O–H groups in total. The second kappa shape index (κ2) is 5.37. The van der Waals surface area contributed by atoms with Crippen LogP contribution in [-0.2, 0) is 9.59 Å². The standard InChI is InChI=1S/C11H17NO2/c1-5-6-7-8-9(13)10(14)12-11(2,3)4/h5-8H,1-4H3,(H,12,14)/b6-5+,8-7+. The third-order valence-corrected chi connectivity index (χ3v) is 1.26. The summed E-state index contributed by atoms with van der Waals surface area (Å²) in [4.78, 5) is 22.4. The maximum absolute atomic E-state index is 11.2. The van der Waals surface area contributed by atoms with Gasteiger partial charge in [0.25, 0.3) is 5.91 Å². The van der Waals surface area contributed by atoms with Crippen molar-refractivity contribution in [2.24, 2.45) is 0 Å². The predicted molar refractivity (Wildman–Crippen MR) is 56.9 cm³/mol. The van der Waals surface area contributed by atoms with Gasteiger partial charge in [-0.1, -0.05) is 18.2 Å². The number of ketones is 1. The van der Waals surface area contributed by atoms with Crippen LogP contribution in [0.4, 0.5) is 0 Å². The topological polar surface area (TPSA) is 46.2 Å². The van der Waals surface area contributed by atoms with Gasteiger partial charge in [-0.05, 0) is 33.8 Å². The lowest BCUT2D eigenvalue weighted by Gasteiger charge is -2.19. The normalized spacial score (nSPS) is 12.3. The number of carbonyl (C=O) groups excluding carboxylic acids is 2. The molecule has 0 unspecified atom stereocenters. The highest BCUT2D eigenvalue weighted by Crippen LogP contribution is 1.98. The Bertz CT molecular complexity index is 270. The summed E-state index contributed by atoms with van der Waals surface area (Å²) in [5, 5.41) is 2.58. The van der Waals surface area contributed by atoms with Gasteiger partial charge in [-0.2, -0.15) is 0 Å². The van der Waals surface area contributed by atoms with E-state index in [1.807, 2.05) is 27.7 Å². The number of carbonyl (C=O) groups is 2. The predicted octanol–water partition coefficient (Wildman–Crippen LogP) is 1.60. The average Bonchev–Trinajstić information content (AvgIpc) is 2.01. The molecule has 0 spiro atoms. The summed E-state index contributed by atoms with van der Waals surface area (Å²) in [7, 11) is 0. The van der Waals surface area contributed by atoms with E-state index in [1.165, 1.54) is 6.08 Å². The van der Waals surface area contributed by atoms with E-state index in [0.717, 1.165) is 0 Å². The molecule has 0 aliphatic carbocycles. The van der Waals surface area contributed by atoms with Crippen molar-refractivity contribution < 1.29 is 9.59 Å². The van der Waals surface area contributed by atoms with Crippen LogP contribution in [-0.4, -0.2) is 17.2 Å². The first-order valence-electron chi connectivity index (χ1n) is 4.52. The maximum atomic E-state index is 11.2. The number of nitrogens with one attached hydrogen (secondary N) is 1. The molecule has 0 aromatic heterocycles. The summed E-state index contributed by atoms with van der Waals surface area (Å²) in [6, 6.07) is 0. The Hall–Kier alpha value is -1.38. The molecule has 3 heteroatoms. The molecule has 0 heterocycles. The van der Waals surface area contributed by atoms with Gasteiger partial charge >= 0.3 is 0 Å². The lowest BCUT2D eigenvalue weighted by atomic mass is 10.1. The van der Waals surface area contributed by atoms with Crippen molar-refractivity contribution in [1.82, 2.24) is 5.32 Å². The molecule has 3 nitrogen and oxygen atoms in total. The van der Waals surface area contributed by atoms with Gasteiger partial charge in [-0.15, -0.1) is 0 Å². The molecule has 0 aliphatic heterocycles. The first-order chi connectivity index (χ1) is 6.37. The minimum absolute atomic E-state index is 0.374. The van der Waals surface area contributed by atoms with E-state index in [1.54, 1.807) is 18.2 Å². The smallest absolute Gasteiger partial charge is 0.292 e. The monoisotopic (exact) mass is 195 g/mol. The molecular formula is C11H17NO2. The lowest BCUT2D eigenvalue weighted by Crippen LogP contribution is -2.43. The van der Waals surface area contributed by atoms with Gasteiger partial charge in [0, 0.05) is 5.54 Å². The third-order valence-electron chi connectivity index (χ3n) is 1.26. The maximum Gasteiger partial charge on any atom is 0.292 e. The van der Waals surface area contributed by atoms with Gasteiger partial charge < -0.3 is 5.32 Å². The summed E-state index contributed by atoms with van der Waals surface area (Å²) in [5.74, 6) is -1.10. The third kappa shape index (κ3) is 6.17. The number of hydrogen-bond acceptors (Lipinski definition) is 2. The Kier molecular flexibility index (Phi) is 4.84. The highest BCUT2D eigenvalue weighted by molar-refractivity contribution is 6.40. The molecule has 0 radical (unpaired) electrons. The van der Waals surface area contributed by atoms with E-state index in [0.29, 0.717) is 0 Å². The van der Waals surface area contributed by atoms with Crippen LogP contribution in [0, 0.1) is 0 Å². The van der Waals surface area contributed by atoms with Crippen LogP contribution in [0.25, 0.3) is 0 Å². The molecular weight excluding hydrogens is 178 g/mol. The van der Waals surface area contributed by atoms with E-state index in [4.69, 9.17) is 0 Å². The number of amides is 1. The molecule has 0 bridgehead atoms.